The molecule has 0 aromatic heterocycles. The molecule has 1 aromatic rings. The number of nitrogens with two attached hydrogens (primary N) is 1. The van der Waals surface area contributed by atoms with Crippen molar-refractivity contribution < 1.29 is 8.42 Å². The van der Waals surface area contributed by atoms with E-state index in [4.69, 9.17) is 5.73 Å². The third-order valence-electron chi connectivity index (χ3n) is 2.87. The molecule has 1 aromatic carbocycles. The van der Waals surface area contributed by atoms with Crippen LogP contribution in [0.1, 0.15) is 38.8 Å². The smallest absolute Gasteiger partial charge is 0.211 e. The van der Waals surface area contributed by atoms with Crippen LogP contribution in [0.15, 0.2) is 30.3 Å². The molecule has 108 valence electrons. The lowest BCUT2D eigenvalue weighted by atomic mass is 9.94. The van der Waals surface area contributed by atoms with Crippen molar-refractivity contribution in [2.45, 2.75) is 33.2 Å². The van der Waals surface area contributed by atoms with Gasteiger partial charge in [0.2, 0.25) is 10.0 Å². The molecule has 0 saturated carbocycles. The van der Waals surface area contributed by atoms with E-state index in [2.05, 4.69) is 4.72 Å². The summed E-state index contributed by atoms with van der Waals surface area (Å²) < 4.78 is 26.3. The lowest BCUT2D eigenvalue weighted by Crippen LogP contribution is -2.34. The maximum absolute atomic E-state index is 11.8. The van der Waals surface area contributed by atoms with Crippen molar-refractivity contribution in [3.8, 4) is 0 Å². The highest BCUT2D eigenvalue weighted by molar-refractivity contribution is 7.89. The summed E-state index contributed by atoms with van der Waals surface area (Å²) in [7, 11) is -3.25. The van der Waals surface area contributed by atoms with Crippen LogP contribution in [0.3, 0.4) is 0 Å². The topological polar surface area (TPSA) is 72.2 Å². The van der Waals surface area contributed by atoms with E-state index < -0.39 is 10.0 Å². The number of nitrogens with one attached hydrogen (secondary N) is 1. The summed E-state index contributed by atoms with van der Waals surface area (Å²) in [6.07, 6.45) is 0.628. The lowest BCUT2D eigenvalue weighted by molar-refractivity contribution is 0.396. The molecule has 0 heterocycles. The Morgan fingerprint density at radius 3 is 2.32 bits per heavy atom. The van der Waals surface area contributed by atoms with Crippen LogP contribution in [0.4, 0.5) is 0 Å². The number of sulfonamides is 1. The van der Waals surface area contributed by atoms with E-state index in [-0.39, 0.29) is 23.8 Å². The molecule has 0 amide bonds. The van der Waals surface area contributed by atoms with E-state index in [0.717, 1.165) is 5.56 Å². The van der Waals surface area contributed by atoms with Crippen LogP contribution in [0.2, 0.25) is 0 Å². The molecule has 0 fully saturated rings. The Hall–Kier alpha value is -0.910. The molecular weight excluding hydrogens is 260 g/mol. The Balaban J connectivity index is 2.47. The van der Waals surface area contributed by atoms with E-state index in [1.807, 2.05) is 51.1 Å². The predicted molar refractivity (Wildman–Crippen MR) is 79.2 cm³/mol. The minimum atomic E-state index is -3.25. The molecule has 0 aliphatic heterocycles. The Labute approximate surface area is 116 Å². The Kier molecular flexibility index (Phi) is 5.52. The van der Waals surface area contributed by atoms with Crippen molar-refractivity contribution in [1.82, 2.24) is 4.72 Å². The largest absolute Gasteiger partial charge is 0.323 e. The molecule has 0 radical (unpaired) electrons. The summed E-state index contributed by atoms with van der Waals surface area (Å²) in [6.45, 7) is 6.31. The summed E-state index contributed by atoms with van der Waals surface area (Å²) in [5.41, 5.74) is 6.90. The van der Waals surface area contributed by atoms with Crippen LogP contribution in [0.5, 0.6) is 0 Å². The minimum absolute atomic E-state index is 0.0102. The summed E-state index contributed by atoms with van der Waals surface area (Å²) in [5.74, 6) is 0.137. The van der Waals surface area contributed by atoms with E-state index >= 15 is 0 Å². The zero-order valence-electron chi connectivity index (χ0n) is 11.9. The number of rotatable bonds is 6. The normalized spacial score (nSPS) is 14.3. The molecule has 1 unspecified atom stereocenters. The average Bonchev–Trinajstić information content (AvgIpc) is 2.34. The second-order valence-electron chi connectivity index (χ2n) is 6.00. The molecule has 1 rings (SSSR count). The van der Waals surface area contributed by atoms with Crippen LogP contribution in [0.25, 0.3) is 0 Å². The molecule has 0 aliphatic rings. The van der Waals surface area contributed by atoms with E-state index in [0.29, 0.717) is 6.42 Å². The zero-order chi connectivity index (χ0) is 14.5. The monoisotopic (exact) mass is 284 g/mol. The van der Waals surface area contributed by atoms with E-state index in [1.165, 1.54) is 0 Å². The van der Waals surface area contributed by atoms with Gasteiger partial charge in [0.05, 0.1) is 5.75 Å². The van der Waals surface area contributed by atoms with Gasteiger partial charge in [0, 0.05) is 12.6 Å². The average molecular weight is 284 g/mol. The molecule has 0 aliphatic carbocycles. The van der Waals surface area contributed by atoms with Crippen molar-refractivity contribution in [2.24, 2.45) is 11.1 Å². The number of hydrogen-bond donors (Lipinski definition) is 2. The van der Waals surface area contributed by atoms with Crippen molar-refractivity contribution in [2.75, 3.05) is 12.3 Å². The zero-order valence-corrected chi connectivity index (χ0v) is 12.7. The maximum atomic E-state index is 11.8. The highest BCUT2D eigenvalue weighted by Crippen LogP contribution is 2.19. The second kappa shape index (κ2) is 6.50. The number of benzene rings is 1. The minimum Gasteiger partial charge on any atom is -0.323 e. The quantitative estimate of drug-likeness (QED) is 0.839. The maximum Gasteiger partial charge on any atom is 0.211 e. The first-order chi connectivity index (χ1) is 8.70. The Bertz CT molecular complexity index is 478. The molecule has 1 atom stereocenters. The van der Waals surface area contributed by atoms with Crippen molar-refractivity contribution in [3.05, 3.63) is 35.9 Å². The standard InChI is InChI=1S/C14H24N2O2S/c1-14(2,3)9-10-19(17,18)16-11-13(15)12-7-5-4-6-8-12/h4-8,13,16H,9-11,15H2,1-3H3. The van der Waals surface area contributed by atoms with Crippen LogP contribution < -0.4 is 10.5 Å². The summed E-state index contributed by atoms with van der Waals surface area (Å²) in [6, 6.07) is 9.17. The molecule has 0 bridgehead atoms. The van der Waals surface area contributed by atoms with Gasteiger partial charge in [-0.05, 0) is 17.4 Å². The third kappa shape index (κ3) is 6.71. The highest BCUT2D eigenvalue weighted by Gasteiger charge is 2.18. The third-order valence-corrected chi connectivity index (χ3v) is 4.22. The van der Waals surface area contributed by atoms with Gasteiger partial charge in [-0.25, -0.2) is 13.1 Å². The van der Waals surface area contributed by atoms with Gasteiger partial charge in [-0.2, -0.15) is 0 Å². The van der Waals surface area contributed by atoms with E-state index in [1.54, 1.807) is 0 Å². The van der Waals surface area contributed by atoms with Gasteiger partial charge in [0.25, 0.3) is 0 Å². The lowest BCUT2D eigenvalue weighted by Gasteiger charge is -2.19. The van der Waals surface area contributed by atoms with Gasteiger partial charge in [0.1, 0.15) is 0 Å². The molecule has 3 N–H and O–H groups in total. The van der Waals surface area contributed by atoms with Gasteiger partial charge >= 0.3 is 0 Å². The van der Waals surface area contributed by atoms with Crippen LogP contribution >= 0.6 is 0 Å². The Morgan fingerprint density at radius 2 is 1.79 bits per heavy atom. The summed E-state index contributed by atoms with van der Waals surface area (Å²) in [4.78, 5) is 0. The first-order valence-electron chi connectivity index (χ1n) is 6.47. The fourth-order valence-corrected chi connectivity index (χ4v) is 3.01. The predicted octanol–water partition coefficient (Wildman–Crippen LogP) is 2.04. The second-order valence-corrected chi connectivity index (χ2v) is 7.92. The summed E-state index contributed by atoms with van der Waals surface area (Å²) >= 11 is 0. The van der Waals surface area contributed by atoms with Gasteiger partial charge in [-0.1, -0.05) is 51.1 Å². The first kappa shape index (κ1) is 16.1. The van der Waals surface area contributed by atoms with Gasteiger partial charge in [-0.15, -0.1) is 0 Å². The first-order valence-corrected chi connectivity index (χ1v) is 8.13. The van der Waals surface area contributed by atoms with Crippen LogP contribution in [0, 0.1) is 5.41 Å². The molecule has 0 saturated heterocycles. The molecule has 4 nitrogen and oxygen atoms in total. The molecule has 5 heteroatoms. The van der Waals surface area contributed by atoms with Crippen LogP contribution in [-0.4, -0.2) is 20.7 Å². The van der Waals surface area contributed by atoms with Crippen molar-refractivity contribution in [1.29, 1.82) is 0 Å². The molecule has 0 spiro atoms. The Morgan fingerprint density at radius 1 is 1.21 bits per heavy atom. The number of hydrogen-bond acceptors (Lipinski definition) is 3. The highest BCUT2D eigenvalue weighted by atomic mass is 32.2. The van der Waals surface area contributed by atoms with E-state index in [9.17, 15) is 8.42 Å². The van der Waals surface area contributed by atoms with Crippen molar-refractivity contribution in [3.63, 3.8) is 0 Å². The fourth-order valence-electron chi connectivity index (χ4n) is 1.55. The van der Waals surface area contributed by atoms with Gasteiger partial charge in [0.15, 0.2) is 0 Å². The molecular formula is C14H24N2O2S. The van der Waals surface area contributed by atoms with Crippen molar-refractivity contribution >= 4 is 10.0 Å². The summed E-state index contributed by atoms with van der Waals surface area (Å²) in [5, 5.41) is 0. The SMILES string of the molecule is CC(C)(C)CCS(=O)(=O)NCC(N)c1ccccc1. The van der Waals surface area contributed by atoms with Crippen LogP contribution in [-0.2, 0) is 10.0 Å². The molecule has 19 heavy (non-hydrogen) atoms. The van der Waals surface area contributed by atoms with Gasteiger partial charge in [-0.3, -0.25) is 0 Å². The van der Waals surface area contributed by atoms with Gasteiger partial charge < -0.3 is 5.73 Å². The fraction of sp³-hybridized carbons (Fsp3) is 0.571.